The third-order valence-electron chi connectivity index (χ3n) is 3.95. The Bertz CT molecular complexity index is 1150. The lowest BCUT2D eigenvalue weighted by Gasteiger charge is -2.10. The monoisotopic (exact) mass is 383 g/mol. The minimum atomic E-state index is -1.13. The zero-order chi connectivity index (χ0) is 18.3. The van der Waals surface area contributed by atoms with Gasteiger partial charge in [0.15, 0.2) is 11.3 Å². The van der Waals surface area contributed by atoms with Gasteiger partial charge in [0.1, 0.15) is 0 Å². The van der Waals surface area contributed by atoms with E-state index in [0.717, 1.165) is 11.1 Å². The summed E-state index contributed by atoms with van der Waals surface area (Å²) in [5, 5.41) is 14.5. The van der Waals surface area contributed by atoms with Crippen molar-refractivity contribution in [2.45, 2.75) is 0 Å². The number of aromatic nitrogens is 3. The molecule has 4 rings (SSSR count). The van der Waals surface area contributed by atoms with Crippen LogP contribution < -0.4 is 0 Å². The SMILES string of the molecule is O=C(O)c1cc2nc(-c3ccccc3Cl)cc(-c3ccccc3Cl)n2n1. The van der Waals surface area contributed by atoms with Gasteiger partial charge >= 0.3 is 5.97 Å². The fourth-order valence-corrected chi connectivity index (χ4v) is 3.21. The van der Waals surface area contributed by atoms with Gasteiger partial charge in [-0.3, -0.25) is 0 Å². The fraction of sp³-hybridized carbons (Fsp3) is 0. The van der Waals surface area contributed by atoms with Gasteiger partial charge in [-0.25, -0.2) is 14.3 Å². The number of rotatable bonds is 3. The maximum atomic E-state index is 11.3. The zero-order valence-electron chi connectivity index (χ0n) is 13.2. The molecule has 0 amide bonds. The van der Waals surface area contributed by atoms with Crippen LogP contribution >= 0.6 is 23.2 Å². The quantitative estimate of drug-likeness (QED) is 0.536. The summed E-state index contributed by atoms with van der Waals surface area (Å²) in [5.74, 6) is -1.13. The first-order chi connectivity index (χ1) is 12.5. The van der Waals surface area contributed by atoms with Gasteiger partial charge in [-0.15, -0.1) is 0 Å². The van der Waals surface area contributed by atoms with Crippen LogP contribution in [0.3, 0.4) is 0 Å². The van der Waals surface area contributed by atoms with Crippen molar-refractivity contribution in [3.8, 4) is 22.5 Å². The van der Waals surface area contributed by atoms with Gasteiger partial charge < -0.3 is 5.11 Å². The van der Waals surface area contributed by atoms with Gasteiger partial charge in [-0.05, 0) is 18.2 Å². The summed E-state index contributed by atoms with van der Waals surface area (Å²) in [6.45, 7) is 0. The second-order valence-electron chi connectivity index (χ2n) is 5.59. The lowest BCUT2D eigenvalue weighted by molar-refractivity contribution is 0.0690. The predicted molar refractivity (Wildman–Crippen MR) is 101 cm³/mol. The highest BCUT2D eigenvalue weighted by atomic mass is 35.5. The van der Waals surface area contributed by atoms with Crippen LogP contribution in [0.2, 0.25) is 10.0 Å². The number of carboxylic acid groups (broad SMARTS) is 1. The fourth-order valence-electron chi connectivity index (χ4n) is 2.75. The highest BCUT2D eigenvalue weighted by Crippen LogP contribution is 2.33. The van der Waals surface area contributed by atoms with Crippen molar-refractivity contribution in [2.75, 3.05) is 0 Å². The highest BCUT2D eigenvalue weighted by molar-refractivity contribution is 6.33. The molecule has 0 atom stereocenters. The molecule has 0 unspecified atom stereocenters. The lowest BCUT2D eigenvalue weighted by atomic mass is 10.1. The molecule has 5 nitrogen and oxygen atoms in total. The van der Waals surface area contributed by atoms with E-state index in [-0.39, 0.29) is 5.69 Å². The zero-order valence-corrected chi connectivity index (χ0v) is 14.7. The summed E-state index contributed by atoms with van der Waals surface area (Å²) in [6.07, 6.45) is 0. The largest absolute Gasteiger partial charge is 0.476 e. The van der Waals surface area contributed by atoms with Crippen LogP contribution in [-0.4, -0.2) is 25.7 Å². The first-order valence-corrected chi connectivity index (χ1v) is 8.44. The van der Waals surface area contributed by atoms with Crippen LogP contribution in [0.25, 0.3) is 28.2 Å². The van der Waals surface area contributed by atoms with E-state index >= 15 is 0 Å². The Hall–Kier alpha value is -2.89. The molecule has 0 saturated carbocycles. The molecule has 128 valence electrons. The molecule has 0 radical (unpaired) electrons. The third kappa shape index (κ3) is 2.81. The van der Waals surface area contributed by atoms with Crippen molar-refractivity contribution in [3.05, 3.63) is 76.4 Å². The number of carboxylic acids is 1. The molecule has 0 aliphatic carbocycles. The average Bonchev–Trinajstić information content (AvgIpc) is 3.06. The van der Waals surface area contributed by atoms with Gasteiger partial charge in [0.25, 0.3) is 0 Å². The molecule has 0 bridgehead atoms. The first-order valence-electron chi connectivity index (χ1n) is 7.68. The first kappa shape index (κ1) is 16.6. The molecule has 26 heavy (non-hydrogen) atoms. The molecule has 2 heterocycles. The van der Waals surface area contributed by atoms with Gasteiger partial charge in [-0.2, -0.15) is 5.10 Å². The number of hydrogen-bond donors (Lipinski definition) is 1. The van der Waals surface area contributed by atoms with Crippen LogP contribution in [0.5, 0.6) is 0 Å². The van der Waals surface area contributed by atoms with Gasteiger partial charge in [0.05, 0.1) is 11.4 Å². The highest BCUT2D eigenvalue weighted by Gasteiger charge is 2.17. The topological polar surface area (TPSA) is 67.5 Å². The average molecular weight is 384 g/mol. The Morgan fingerprint density at radius 2 is 1.54 bits per heavy atom. The van der Waals surface area contributed by atoms with E-state index in [2.05, 4.69) is 10.1 Å². The molecular weight excluding hydrogens is 373 g/mol. The molecule has 7 heteroatoms. The summed E-state index contributed by atoms with van der Waals surface area (Å²) in [4.78, 5) is 15.9. The number of halogens is 2. The van der Waals surface area contributed by atoms with Crippen molar-refractivity contribution >= 4 is 34.8 Å². The maximum absolute atomic E-state index is 11.3. The van der Waals surface area contributed by atoms with Crippen molar-refractivity contribution in [1.82, 2.24) is 14.6 Å². The predicted octanol–water partition coefficient (Wildman–Crippen LogP) is 5.07. The summed E-state index contributed by atoms with van der Waals surface area (Å²) < 4.78 is 1.48. The molecule has 0 aliphatic heterocycles. The second kappa shape index (κ2) is 6.44. The Morgan fingerprint density at radius 3 is 2.15 bits per heavy atom. The Labute approximate surface area is 158 Å². The number of aromatic carboxylic acids is 1. The molecule has 1 N–H and O–H groups in total. The summed E-state index contributed by atoms with van der Waals surface area (Å²) >= 11 is 12.7. The van der Waals surface area contributed by atoms with Crippen LogP contribution in [0, 0.1) is 0 Å². The van der Waals surface area contributed by atoms with E-state index < -0.39 is 5.97 Å². The standard InChI is InChI=1S/C19H11Cl2N3O2/c20-13-7-3-1-5-11(13)15-9-17(12-6-2-4-8-14(12)21)24-18(22-15)10-16(23-24)19(25)26/h1-10H,(H,25,26). The van der Waals surface area contributed by atoms with Crippen molar-refractivity contribution in [1.29, 1.82) is 0 Å². The summed E-state index contributed by atoms with van der Waals surface area (Å²) in [6, 6.07) is 17.8. The molecule has 0 spiro atoms. The summed E-state index contributed by atoms with van der Waals surface area (Å²) in [7, 11) is 0. The molecule has 0 aliphatic rings. The minimum absolute atomic E-state index is 0.0953. The third-order valence-corrected chi connectivity index (χ3v) is 4.61. The van der Waals surface area contributed by atoms with Crippen LogP contribution in [-0.2, 0) is 0 Å². The molecule has 2 aromatic carbocycles. The normalized spacial score (nSPS) is 11.0. The lowest BCUT2D eigenvalue weighted by Crippen LogP contribution is -2.01. The van der Waals surface area contributed by atoms with Gasteiger partial charge in [0, 0.05) is 27.2 Å². The number of fused-ring (bicyclic) bond motifs is 1. The van der Waals surface area contributed by atoms with Gasteiger partial charge in [0.2, 0.25) is 0 Å². The van der Waals surface area contributed by atoms with E-state index in [9.17, 15) is 9.90 Å². The van der Waals surface area contributed by atoms with E-state index in [1.54, 1.807) is 18.2 Å². The number of benzene rings is 2. The van der Waals surface area contributed by atoms with Crippen LogP contribution in [0.4, 0.5) is 0 Å². The maximum Gasteiger partial charge on any atom is 0.356 e. The smallest absolute Gasteiger partial charge is 0.356 e. The van der Waals surface area contributed by atoms with E-state index in [4.69, 9.17) is 23.2 Å². The van der Waals surface area contributed by atoms with E-state index in [0.29, 0.717) is 27.1 Å². The Morgan fingerprint density at radius 1 is 0.923 bits per heavy atom. The van der Waals surface area contributed by atoms with Crippen molar-refractivity contribution in [3.63, 3.8) is 0 Å². The molecule has 0 saturated heterocycles. The molecule has 4 aromatic rings. The number of carbonyl (C=O) groups is 1. The van der Waals surface area contributed by atoms with Crippen molar-refractivity contribution in [2.24, 2.45) is 0 Å². The molecule has 0 fully saturated rings. The summed E-state index contributed by atoms with van der Waals surface area (Å²) in [5.41, 5.74) is 2.99. The van der Waals surface area contributed by atoms with Crippen molar-refractivity contribution < 1.29 is 9.90 Å². The molecular formula is C19H11Cl2N3O2. The molecule has 2 aromatic heterocycles. The number of hydrogen-bond acceptors (Lipinski definition) is 3. The minimum Gasteiger partial charge on any atom is -0.476 e. The Kier molecular flexibility index (Phi) is 4.11. The Balaban J connectivity index is 2.06. The van der Waals surface area contributed by atoms with Crippen LogP contribution in [0.1, 0.15) is 10.5 Å². The second-order valence-corrected chi connectivity index (χ2v) is 6.41. The van der Waals surface area contributed by atoms with E-state index in [1.807, 2.05) is 36.4 Å². The van der Waals surface area contributed by atoms with Gasteiger partial charge in [-0.1, -0.05) is 59.6 Å². The van der Waals surface area contributed by atoms with E-state index in [1.165, 1.54) is 10.6 Å². The van der Waals surface area contributed by atoms with Crippen LogP contribution in [0.15, 0.2) is 60.7 Å². The number of nitrogens with zero attached hydrogens (tertiary/aromatic N) is 3.